The summed E-state index contributed by atoms with van der Waals surface area (Å²) in [6.07, 6.45) is -0.339. The first-order valence-electron chi connectivity index (χ1n) is 8.45. The zero-order valence-electron chi connectivity index (χ0n) is 14.6. The number of halogens is 1. The molecule has 2 aliphatic heterocycles. The molecule has 28 heavy (non-hydrogen) atoms. The minimum Gasteiger partial charge on any atom is -0.491 e. The number of nitrogens with zero attached hydrogens (tertiary/aromatic N) is 1. The van der Waals surface area contributed by atoms with Gasteiger partial charge in [-0.05, 0) is 18.2 Å². The SMILES string of the molecule is O=C1CC(=O)C(N2C(=O)c3ccc(OCCOCCOSI)cc3C2=O)CN1. The summed E-state index contributed by atoms with van der Waals surface area (Å²) in [6, 6.07) is 3.60. The molecule has 1 N–H and O–H groups in total. The van der Waals surface area contributed by atoms with E-state index in [2.05, 4.69) is 5.32 Å². The maximum absolute atomic E-state index is 12.7. The summed E-state index contributed by atoms with van der Waals surface area (Å²) in [5.41, 5.74) is 0.396. The lowest BCUT2D eigenvalue weighted by atomic mass is 10.0. The molecule has 0 radical (unpaired) electrons. The van der Waals surface area contributed by atoms with Gasteiger partial charge in [0, 0.05) is 27.8 Å². The predicted octanol–water partition coefficient (Wildman–Crippen LogP) is 1.15. The average Bonchev–Trinajstić information content (AvgIpc) is 2.92. The molecule has 3 amide bonds. The molecule has 0 aromatic heterocycles. The molecule has 1 atom stereocenters. The number of hydrogen-bond acceptors (Lipinski definition) is 8. The van der Waals surface area contributed by atoms with Gasteiger partial charge in [-0.25, -0.2) is 0 Å². The number of fused-ring (bicyclic) bond motifs is 1. The molecule has 1 aromatic carbocycles. The van der Waals surface area contributed by atoms with E-state index in [9.17, 15) is 19.2 Å². The summed E-state index contributed by atoms with van der Waals surface area (Å²) in [5.74, 6) is -1.54. The van der Waals surface area contributed by atoms with Gasteiger partial charge in [-0.1, -0.05) is 0 Å². The van der Waals surface area contributed by atoms with Gasteiger partial charge in [0.25, 0.3) is 11.8 Å². The number of ether oxygens (including phenoxy) is 2. The van der Waals surface area contributed by atoms with Crippen LogP contribution in [0, 0.1) is 0 Å². The van der Waals surface area contributed by atoms with E-state index in [1.165, 1.54) is 21.3 Å². The number of piperidine rings is 1. The fourth-order valence-corrected chi connectivity index (χ4v) is 3.62. The number of imide groups is 1. The van der Waals surface area contributed by atoms with E-state index in [1.54, 1.807) is 6.07 Å². The zero-order chi connectivity index (χ0) is 20.1. The first-order valence-corrected chi connectivity index (χ1v) is 11.7. The summed E-state index contributed by atoms with van der Waals surface area (Å²) in [7, 11) is 1.24. The van der Waals surface area contributed by atoms with E-state index < -0.39 is 29.5 Å². The molecule has 0 spiro atoms. The quantitative estimate of drug-likeness (QED) is 0.170. The predicted molar refractivity (Wildman–Crippen MR) is 107 cm³/mol. The summed E-state index contributed by atoms with van der Waals surface area (Å²) in [6.45, 7) is 1.47. The van der Waals surface area contributed by atoms with Crippen molar-refractivity contribution in [2.75, 3.05) is 33.0 Å². The van der Waals surface area contributed by atoms with Crippen LogP contribution in [0.2, 0.25) is 0 Å². The van der Waals surface area contributed by atoms with Gasteiger partial charge < -0.3 is 19.0 Å². The van der Waals surface area contributed by atoms with Gasteiger partial charge in [-0.2, -0.15) is 0 Å². The van der Waals surface area contributed by atoms with E-state index in [0.717, 1.165) is 4.90 Å². The highest BCUT2D eigenvalue weighted by Crippen LogP contribution is 2.29. The Hall–Kier alpha value is -1.70. The molecule has 1 fully saturated rings. The van der Waals surface area contributed by atoms with Crippen LogP contribution in [0.15, 0.2) is 18.2 Å². The maximum atomic E-state index is 12.7. The summed E-state index contributed by atoms with van der Waals surface area (Å²) >= 11 is 2.02. The smallest absolute Gasteiger partial charge is 0.262 e. The van der Waals surface area contributed by atoms with Crippen molar-refractivity contribution in [1.82, 2.24) is 10.2 Å². The minimum absolute atomic E-state index is 0.0659. The van der Waals surface area contributed by atoms with Crippen LogP contribution in [0.3, 0.4) is 0 Å². The Morgan fingerprint density at radius 2 is 1.82 bits per heavy atom. The molecule has 2 aliphatic rings. The van der Waals surface area contributed by atoms with E-state index in [1.807, 2.05) is 21.2 Å². The van der Waals surface area contributed by atoms with E-state index in [-0.39, 0.29) is 30.7 Å². The van der Waals surface area contributed by atoms with Gasteiger partial charge in [-0.15, -0.1) is 0 Å². The molecule has 11 heteroatoms. The molecular formula is C17H17IN2O7S. The number of rotatable bonds is 9. The van der Waals surface area contributed by atoms with Crippen LogP contribution < -0.4 is 10.1 Å². The minimum atomic E-state index is -0.981. The lowest BCUT2D eigenvalue weighted by Gasteiger charge is -2.28. The first kappa shape index (κ1) is 21.0. The molecule has 1 aromatic rings. The van der Waals surface area contributed by atoms with E-state index in [0.29, 0.717) is 25.6 Å². The third-order valence-corrected chi connectivity index (χ3v) is 5.27. The van der Waals surface area contributed by atoms with Crippen molar-refractivity contribution in [2.24, 2.45) is 0 Å². The summed E-state index contributed by atoms with van der Waals surface area (Å²) in [4.78, 5) is 49.6. The fraction of sp³-hybridized carbons (Fsp3) is 0.412. The average molecular weight is 520 g/mol. The highest BCUT2D eigenvalue weighted by atomic mass is 127. The van der Waals surface area contributed by atoms with Gasteiger partial charge >= 0.3 is 0 Å². The number of carbonyl (C=O) groups is 4. The van der Waals surface area contributed by atoms with Gasteiger partial charge in [0.1, 0.15) is 18.4 Å². The Morgan fingerprint density at radius 1 is 1.07 bits per heavy atom. The van der Waals surface area contributed by atoms with Crippen LogP contribution in [0.1, 0.15) is 27.1 Å². The highest BCUT2D eigenvalue weighted by Gasteiger charge is 2.44. The van der Waals surface area contributed by atoms with Crippen molar-refractivity contribution in [3.63, 3.8) is 0 Å². The molecule has 0 aliphatic carbocycles. The van der Waals surface area contributed by atoms with E-state index >= 15 is 0 Å². The third-order valence-electron chi connectivity index (χ3n) is 4.25. The van der Waals surface area contributed by atoms with Gasteiger partial charge in [0.05, 0.1) is 46.6 Å². The molecule has 9 nitrogen and oxygen atoms in total. The number of nitrogens with one attached hydrogen (secondary N) is 1. The number of ketones is 1. The van der Waals surface area contributed by atoms with Crippen molar-refractivity contribution < 1.29 is 32.8 Å². The second kappa shape index (κ2) is 9.67. The molecule has 0 bridgehead atoms. The fourth-order valence-electron chi connectivity index (χ4n) is 2.95. The summed E-state index contributed by atoms with van der Waals surface area (Å²) < 4.78 is 16.0. The Bertz CT molecular complexity index is 804. The highest BCUT2D eigenvalue weighted by molar-refractivity contribution is 14.2. The largest absolute Gasteiger partial charge is 0.491 e. The molecule has 1 unspecified atom stereocenters. The Balaban J connectivity index is 1.60. The van der Waals surface area contributed by atoms with Crippen molar-refractivity contribution in [2.45, 2.75) is 12.5 Å². The van der Waals surface area contributed by atoms with Crippen molar-refractivity contribution in [3.05, 3.63) is 29.3 Å². The lowest BCUT2D eigenvalue weighted by Crippen LogP contribution is -2.55. The monoisotopic (exact) mass is 520 g/mol. The van der Waals surface area contributed by atoms with Gasteiger partial charge in [0.15, 0.2) is 5.78 Å². The van der Waals surface area contributed by atoms with Crippen molar-refractivity contribution >= 4 is 53.9 Å². The molecule has 0 saturated carbocycles. The van der Waals surface area contributed by atoms with Gasteiger partial charge in [-0.3, -0.25) is 24.1 Å². The topological polar surface area (TPSA) is 111 Å². The maximum Gasteiger partial charge on any atom is 0.262 e. The normalized spacial score (nSPS) is 19.0. The summed E-state index contributed by atoms with van der Waals surface area (Å²) in [5, 5.41) is 2.52. The van der Waals surface area contributed by atoms with Crippen molar-refractivity contribution in [1.29, 1.82) is 0 Å². The lowest BCUT2D eigenvalue weighted by molar-refractivity contribution is -0.133. The number of Topliss-reactive ketones (excluding diaryl/α,β-unsaturated/α-hetero) is 1. The zero-order valence-corrected chi connectivity index (χ0v) is 17.6. The van der Waals surface area contributed by atoms with E-state index in [4.69, 9.17) is 13.7 Å². The van der Waals surface area contributed by atoms with Crippen LogP contribution in [0.25, 0.3) is 0 Å². The third kappa shape index (κ3) is 4.64. The molecule has 3 rings (SSSR count). The van der Waals surface area contributed by atoms with Crippen LogP contribution >= 0.6 is 30.4 Å². The Kier molecular flexibility index (Phi) is 7.26. The number of amides is 3. The molecule has 150 valence electrons. The van der Waals surface area contributed by atoms with Crippen LogP contribution in [0.4, 0.5) is 0 Å². The van der Waals surface area contributed by atoms with Crippen LogP contribution in [-0.2, 0) is 18.5 Å². The second-order valence-corrected chi connectivity index (χ2v) is 7.44. The second-order valence-electron chi connectivity index (χ2n) is 6.00. The first-order chi connectivity index (χ1) is 13.5. The van der Waals surface area contributed by atoms with Crippen LogP contribution in [-0.4, -0.2) is 67.4 Å². The van der Waals surface area contributed by atoms with Gasteiger partial charge in [0.2, 0.25) is 5.91 Å². The number of hydrogen-bond donors (Lipinski definition) is 1. The Labute approximate surface area is 177 Å². The number of carbonyl (C=O) groups excluding carboxylic acids is 4. The van der Waals surface area contributed by atoms with Crippen LogP contribution in [0.5, 0.6) is 5.75 Å². The standard InChI is InChI=1S/C17H17IN2O7S/c18-28-27-6-4-25-3-5-26-10-1-2-11-12(7-10)17(24)20(16(11)23)13-9-19-15(22)8-14(13)21/h1-2,7,13H,3-6,8-9H2,(H,19,22). The Morgan fingerprint density at radius 3 is 2.57 bits per heavy atom. The molecule has 2 heterocycles. The number of benzene rings is 1. The molecule has 1 saturated heterocycles. The van der Waals surface area contributed by atoms with Crippen molar-refractivity contribution in [3.8, 4) is 5.75 Å². The molecular weight excluding hydrogens is 503 g/mol.